The molecule has 1 aromatic heterocycles. The summed E-state index contributed by atoms with van der Waals surface area (Å²) in [4.78, 5) is 21.1. The Hall–Kier alpha value is -1.42. The maximum absolute atomic E-state index is 12.5. The van der Waals surface area contributed by atoms with E-state index in [1.165, 1.54) is 37.7 Å². The molecule has 1 aromatic rings. The Bertz CT molecular complexity index is 477. The lowest BCUT2D eigenvalue weighted by Crippen LogP contribution is -2.49. The second-order valence-electron chi connectivity index (χ2n) is 7.04. The summed E-state index contributed by atoms with van der Waals surface area (Å²) in [5.74, 6) is 1.05. The molecular formula is C19H29N3O. The van der Waals surface area contributed by atoms with Gasteiger partial charge in [-0.1, -0.05) is 19.3 Å². The van der Waals surface area contributed by atoms with Gasteiger partial charge in [0.1, 0.15) is 0 Å². The molecule has 4 nitrogen and oxygen atoms in total. The number of piperazine rings is 1. The molecule has 126 valence electrons. The van der Waals surface area contributed by atoms with E-state index in [1.54, 1.807) is 0 Å². The predicted octanol–water partition coefficient (Wildman–Crippen LogP) is 2.74. The summed E-state index contributed by atoms with van der Waals surface area (Å²) in [6.07, 6.45) is 12.1. The average molecular weight is 315 g/mol. The molecule has 0 spiro atoms. The van der Waals surface area contributed by atoms with Crippen molar-refractivity contribution in [3.05, 3.63) is 30.1 Å². The summed E-state index contributed by atoms with van der Waals surface area (Å²) < 4.78 is 0. The van der Waals surface area contributed by atoms with Crippen molar-refractivity contribution < 1.29 is 4.79 Å². The van der Waals surface area contributed by atoms with E-state index < -0.39 is 0 Å². The third kappa shape index (κ3) is 5.03. The van der Waals surface area contributed by atoms with Gasteiger partial charge < -0.3 is 4.90 Å². The van der Waals surface area contributed by atoms with Gasteiger partial charge in [-0.3, -0.25) is 14.7 Å². The molecule has 0 atom stereocenters. The molecule has 2 aliphatic rings. The molecule has 1 saturated heterocycles. The van der Waals surface area contributed by atoms with E-state index in [1.807, 2.05) is 12.4 Å². The fourth-order valence-corrected chi connectivity index (χ4v) is 3.82. The van der Waals surface area contributed by atoms with Gasteiger partial charge >= 0.3 is 0 Å². The first kappa shape index (κ1) is 16.4. The number of amides is 1. The zero-order valence-corrected chi connectivity index (χ0v) is 14.1. The number of nitrogens with zero attached hydrogens (tertiary/aromatic N) is 3. The minimum atomic E-state index is 0.394. The van der Waals surface area contributed by atoms with Gasteiger partial charge in [0, 0.05) is 51.5 Å². The second kappa shape index (κ2) is 8.44. The van der Waals surface area contributed by atoms with Crippen LogP contribution in [0, 0.1) is 5.92 Å². The average Bonchev–Trinajstić information content (AvgIpc) is 2.62. The van der Waals surface area contributed by atoms with Crippen molar-refractivity contribution in [2.45, 2.75) is 44.9 Å². The van der Waals surface area contributed by atoms with Gasteiger partial charge in [-0.15, -0.1) is 0 Å². The minimum absolute atomic E-state index is 0.394. The molecule has 0 bridgehead atoms. The maximum atomic E-state index is 12.5. The van der Waals surface area contributed by atoms with E-state index >= 15 is 0 Å². The Morgan fingerprint density at radius 1 is 1.04 bits per heavy atom. The van der Waals surface area contributed by atoms with Crippen molar-refractivity contribution in [1.29, 1.82) is 0 Å². The first-order valence-electron chi connectivity index (χ1n) is 9.20. The molecular weight excluding hydrogens is 286 g/mol. The smallest absolute Gasteiger partial charge is 0.222 e. The molecule has 2 heterocycles. The number of pyridine rings is 1. The number of hydrogen-bond acceptors (Lipinski definition) is 3. The highest BCUT2D eigenvalue weighted by atomic mass is 16.2. The van der Waals surface area contributed by atoms with Crippen molar-refractivity contribution in [3.8, 4) is 0 Å². The molecule has 1 aliphatic carbocycles. The van der Waals surface area contributed by atoms with Crippen LogP contribution in [-0.4, -0.2) is 53.4 Å². The molecule has 0 unspecified atom stereocenters. The van der Waals surface area contributed by atoms with E-state index in [4.69, 9.17) is 0 Å². The summed E-state index contributed by atoms with van der Waals surface area (Å²) >= 11 is 0. The summed E-state index contributed by atoms with van der Waals surface area (Å²) in [7, 11) is 0. The highest BCUT2D eigenvalue weighted by molar-refractivity contribution is 5.76. The summed E-state index contributed by atoms with van der Waals surface area (Å²) in [6.45, 7) is 4.92. The molecule has 2 fully saturated rings. The van der Waals surface area contributed by atoms with Gasteiger partial charge in [-0.2, -0.15) is 0 Å². The van der Waals surface area contributed by atoms with Gasteiger partial charge in [0.2, 0.25) is 5.91 Å². The fourth-order valence-electron chi connectivity index (χ4n) is 3.82. The largest absolute Gasteiger partial charge is 0.340 e. The Kier molecular flexibility index (Phi) is 6.03. The zero-order valence-electron chi connectivity index (χ0n) is 14.1. The van der Waals surface area contributed by atoms with Crippen molar-refractivity contribution in [2.24, 2.45) is 5.92 Å². The monoisotopic (exact) mass is 315 g/mol. The number of carbonyl (C=O) groups is 1. The van der Waals surface area contributed by atoms with Gasteiger partial charge in [-0.05, 0) is 42.9 Å². The van der Waals surface area contributed by atoms with E-state index in [-0.39, 0.29) is 0 Å². The van der Waals surface area contributed by atoms with Crippen LogP contribution in [0.3, 0.4) is 0 Å². The minimum Gasteiger partial charge on any atom is -0.340 e. The number of carbonyl (C=O) groups excluding carboxylic acids is 1. The van der Waals surface area contributed by atoms with Gasteiger partial charge in [0.05, 0.1) is 0 Å². The lowest BCUT2D eigenvalue weighted by atomic mass is 9.86. The molecule has 3 rings (SSSR count). The van der Waals surface area contributed by atoms with Crippen LogP contribution in [0.2, 0.25) is 0 Å². The van der Waals surface area contributed by atoms with E-state index in [2.05, 4.69) is 26.9 Å². The van der Waals surface area contributed by atoms with E-state index in [9.17, 15) is 4.79 Å². The quantitative estimate of drug-likeness (QED) is 0.838. The van der Waals surface area contributed by atoms with Gasteiger partial charge in [0.25, 0.3) is 0 Å². The Labute approximate surface area is 139 Å². The molecule has 0 radical (unpaired) electrons. The third-order valence-corrected chi connectivity index (χ3v) is 5.38. The van der Waals surface area contributed by atoms with Gasteiger partial charge in [-0.25, -0.2) is 0 Å². The zero-order chi connectivity index (χ0) is 15.9. The molecule has 1 aliphatic heterocycles. The summed E-state index contributed by atoms with van der Waals surface area (Å²) in [5, 5.41) is 0. The van der Waals surface area contributed by atoms with Crippen LogP contribution in [0.4, 0.5) is 0 Å². The summed E-state index contributed by atoms with van der Waals surface area (Å²) in [6, 6.07) is 4.17. The third-order valence-electron chi connectivity index (χ3n) is 5.38. The van der Waals surface area contributed by atoms with Crippen LogP contribution in [-0.2, 0) is 11.2 Å². The first-order chi connectivity index (χ1) is 11.3. The molecule has 1 saturated carbocycles. The highest BCUT2D eigenvalue weighted by Crippen LogP contribution is 2.27. The Morgan fingerprint density at radius 3 is 2.43 bits per heavy atom. The highest BCUT2D eigenvalue weighted by Gasteiger charge is 2.24. The molecule has 0 N–H and O–H groups in total. The van der Waals surface area contributed by atoms with Crippen LogP contribution in [0.15, 0.2) is 24.5 Å². The van der Waals surface area contributed by atoms with Crippen LogP contribution in [0.1, 0.15) is 44.1 Å². The van der Waals surface area contributed by atoms with Crippen molar-refractivity contribution in [1.82, 2.24) is 14.8 Å². The van der Waals surface area contributed by atoms with Gasteiger partial charge in [0.15, 0.2) is 0 Å². The molecule has 0 aromatic carbocycles. The fraction of sp³-hybridized carbons (Fsp3) is 0.684. The van der Waals surface area contributed by atoms with E-state index in [0.29, 0.717) is 11.8 Å². The van der Waals surface area contributed by atoms with Crippen molar-refractivity contribution >= 4 is 5.91 Å². The van der Waals surface area contributed by atoms with Crippen molar-refractivity contribution in [2.75, 3.05) is 32.7 Å². The van der Waals surface area contributed by atoms with Crippen LogP contribution in [0.5, 0.6) is 0 Å². The normalized spacial score (nSPS) is 20.6. The molecule has 4 heteroatoms. The number of aromatic nitrogens is 1. The molecule has 1 amide bonds. The lowest BCUT2D eigenvalue weighted by Gasteiger charge is -2.35. The van der Waals surface area contributed by atoms with Crippen LogP contribution < -0.4 is 0 Å². The van der Waals surface area contributed by atoms with Crippen LogP contribution in [0.25, 0.3) is 0 Å². The van der Waals surface area contributed by atoms with E-state index in [0.717, 1.165) is 45.6 Å². The van der Waals surface area contributed by atoms with Crippen molar-refractivity contribution in [3.63, 3.8) is 0 Å². The second-order valence-corrected chi connectivity index (χ2v) is 7.04. The SMILES string of the molecule is O=C(CC1CCCCC1)N1CCN(CCc2ccncc2)CC1. The topological polar surface area (TPSA) is 36.4 Å². The first-order valence-corrected chi connectivity index (χ1v) is 9.20. The summed E-state index contributed by atoms with van der Waals surface area (Å²) in [5.41, 5.74) is 1.34. The Balaban J connectivity index is 1.37. The predicted molar refractivity (Wildman–Crippen MR) is 92.2 cm³/mol. The lowest BCUT2D eigenvalue weighted by molar-refractivity contribution is -0.134. The number of hydrogen-bond donors (Lipinski definition) is 0. The standard InChI is InChI=1S/C19H29N3O/c23-19(16-18-4-2-1-3-5-18)22-14-12-21(13-15-22)11-8-17-6-9-20-10-7-17/h6-7,9-10,18H,1-5,8,11-16H2. The maximum Gasteiger partial charge on any atom is 0.222 e. The molecule has 23 heavy (non-hydrogen) atoms. The Morgan fingerprint density at radius 2 is 1.74 bits per heavy atom. The number of rotatable bonds is 5. The van der Waals surface area contributed by atoms with Crippen LogP contribution >= 0.6 is 0 Å².